The monoisotopic (exact) mass is 381 g/mol. The normalized spacial score (nSPS) is 16.1. The minimum atomic E-state index is -3.57. The number of alkyl halides is 1. The van der Waals surface area contributed by atoms with Crippen molar-refractivity contribution >= 4 is 10.0 Å². The second kappa shape index (κ2) is 8.22. The highest BCUT2D eigenvalue weighted by Crippen LogP contribution is 2.31. The summed E-state index contributed by atoms with van der Waals surface area (Å²) < 4.78 is 39.2. The first-order valence-corrected chi connectivity index (χ1v) is 10.4. The molecule has 7 nitrogen and oxygen atoms in total. The molecule has 0 atom stereocenters. The van der Waals surface area contributed by atoms with Crippen LogP contribution in [0.2, 0.25) is 0 Å². The fraction of sp³-hybridized carbons (Fsp3) is 0.588. The third-order valence-electron chi connectivity index (χ3n) is 4.87. The van der Waals surface area contributed by atoms with Crippen LogP contribution in [0.3, 0.4) is 0 Å². The molecular formula is C17H24FN5O2S. The number of benzene rings is 1. The minimum absolute atomic E-state index is 0.0272. The maximum atomic E-state index is 12.5. The molecular weight excluding hydrogens is 357 g/mol. The third kappa shape index (κ3) is 4.27. The largest absolute Gasteiger partial charge is 0.249 e. The van der Waals surface area contributed by atoms with E-state index in [4.69, 9.17) is 0 Å². The van der Waals surface area contributed by atoms with E-state index in [-0.39, 0.29) is 11.4 Å². The SMILES string of the molecule is CNS(=O)(=O)c1ccc(CC2CCCCC2)c(-c2nnn(CCF)n2)c1. The molecule has 0 radical (unpaired) electrons. The molecule has 0 bridgehead atoms. The molecule has 1 heterocycles. The van der Waals surface area contributed by atoms with Crippen LogP contribution in [-0.2, 0) is 23.0 Å². The molecule has 26 heavy (non-hydrogen) atoms. The van der Waals surface area contributed by atoms with Crippen LogP contribution in [0, 0.1) is 5.92 Å². The molecule has 0 unspecified atom stereocenters. The van der Waals surface area contributed by atoms with Crippen molar-refractivity contribution in [3.05, 3.63) is 23.8 Å². The summed E-state index contributed by atoms with van der Waals surface area (Å²) in [6.07, 6.45) is 6.96. The van der Waals surface area contributed by atoms with Crippen LogP contribution in [0.1, 0.15) is 37.7 Å². The van der Waals surface area contributed by atoms with E-state index in [1.54, 1.807) is 12.1 Å². The van der Waals surface area contributed by atoms with Crippen LogP contribution in [0.15, 0.2) is 23.1 Å². The van der Waals surface area contributed by atoms with Gasteiger partial charge >= 0.3 is 0 Å². The van der Waals surface area contributed by atoms with E-state index in [0.717, 1.165) is 12.0 Å². The standard InChI is InChI=1S/C17H24FN5O2S/c1-19-26(24,25)15-8-7-14(11-13-5-3-2-4-6-13)16(12-15)17-20-22-23(21-17)10-9-18/h7-8,12-13,19H,2-6,9-11H2,1H3. The Morgan fingerprint density at radius 1 is 1.27 bits per heavy atom. The Morgan fingerprint density at radius 2 is 2.04 bits per heavy atom. The van der Waals surface area contributed by atoms with Gasteiger partial charge in [-0.1, -0.05) is 38.2 Å². The summed E-state index contributed by atoms with van der Waals surface area (Å²) in [4.78, 5) is 1.35. The van der Waals surface area contributed by atoms with Gasteiger partial charge in [0.05, 0.1) is 11.4 Å². The van der Waals surface area contributed by atoms with Crippen molar-refractivity contribution in [3.8, 4) is 11.4 Å². The van der Waals surface area contributed by atoms with Gasteiger partial charge in [0, 0.05) is 5.56 Å². The van der Waals surface area contributed by atoms with Gasteiger partial charge in [-0.3, -0.25) is 0 Å². The van der Waals surface area contributed by atoms with E-state index < -0.39 is 16.7 Å². The first kappa shape index (κ1) is 18.9. The van der Waals surface area contributed by atoms with Gasteiger partial charge in [0.1, 0.15) is 6.67 Å². The Kier molecular flexibility index (Phi) is 5.98. The van der Waals surface area contributed by atoms with Gasteiger partial charge in [-0.05, 0) is 42.3 Å². The second-order valence-electron chi connectivity index (χ2n) is 6.63. The van der Waals surface area contributed by atoms with E-state index in [1.165, 1.54) is 43.9 Å². The zero-order chi connectivity index (χ0) is 18.6. The maximum Gasteiger partial charge on any atom is 0.240 e. The predicted molar refractivity (Wildman–Crippen MR) is 95.8 cm³/mol. The molecule has 1 aliphatic rings. The summed E-state index contributed by atoms with van der Waals surface area (Å²) in [5.41, 5.74) is 1.66. The molecule has 1 fully saturated rings. The van der Waals surface area contributed by atoms with Crippen molar-refractivity contribution in [1.29, 1.82) is 0 Å². The van der Waals surface area contributed by atoms with E-state index in [1.807, 2.05) is 6.07 Å². The zero-order valence-corrected chi connectivity index (χ0v) is 15.7. The Labute approximate surface area is 153 Å². The molecule has 3 rings (SSSR count). The fourth-order valence-electron chi connectivity index (χ4n) is 3.45. The Morgan fingerprint density at radius 3 is 2.73 bits per heavy atom. The quantitative estimate of drug-likeness (QED) is 0.795. The third-order valence-corrected chi connectivity index (χ3v) is 6.28. The lowest BCUT2D eigenvalue weighted by Gasteiger charge is -2.22. The number of hydrogen-bond acceptors (Lipinski definition) is 5. The number of aromatic nitrogens is 4. The lowest BCUT2D eigenvalue weighted by molar-refractivity contribution is 0.357. The Hall–Kier alpha value is -1.87. The smallest absolute Gasteiger partial charge is 0.240 e. The molecule has 9 heteroatoms. The maximum absolute atomic E-state index is 12.5. The fourth-order valence-corrected chi connectivity index (χ4v) is 4.21. The molecule has 2 aromatic rings. The summed E-state index contributed by atoms with van der Waals surface area (Å²) in [6.45, 7) is -0.557. The molecule has 1 aliphatic carbocycles. The van der Waals surface area contributed by atoms with E-state index in [9.17, 15) is 12.8 Å². The minimum Gasteiger partial charge on any atom is -0.249 e. The summed E-state index contributed by atoms with van der Waals surface area (Å²) in [5.74, 6) is 0.910. The molecule has 1 aromatic carbocycles. The van der Waals surface area contributed by atoms with E-state index >= 15 is 0 Å². The van der Waals surface area contributed by atoms with Crippen LogP contribution in [0.5, 0.6) is 0 Å². The molecule has 0 amide bonds. The number of hydrogen-bond donors (Lipinski definition) is 1. The highest BCUT2D eigenvalue weighted by atomic mass is 32.2. The second-order valence-corrected chi connectivity index (χ2v) is 8.52. The molecule has 0 saturated heterocycles. The van der Waals surface area contributed by atoms with Crippen molar-refractivity contribution in [2.45, 2.75) is 50.0 Å². The molecule has 0 aliphatic heterocycles. The summed E-state index contributed by atoms with van der Waals surface area (Å²) >= 11 is 0. The van der Waals surface area contributed by atoms with Crippen LogP contribution >= 0.6 is 0 Å². The molecule has 1 N–H and O–H groups in total. The topological polar surface area (TPSA) is 89.8 Å². The van der Waals surface area contributed by atoms with Crippen molar-refractivity contribution < 1.29 is 12.8 Å². The average molecular weight is 381 g/mol. The van der Waals surface area contributed by atoms with E-state index in [0.29, 0.717) is 17.3 Å². The van der Waals surface area contributed by atoms with Crippen molar-refractivity contribution in [1.82, 2.24) is 24.9 Å². The van der Waals surface area contributed by atoms with Crippen LogP contribution in [0.4, 0.5) is 4.39 Å². The average Bonchev–Trinajstić information content (AvgIpc) is 3.11. The van der Waals surface area contributed by atoms with Crippen LogP contribution < -0.4 is 4.72 Å². The van der Waals surface area contributed by atoms with Gasteiger partial charge in [0.15, 0.2) is 0 Å². The van der Waals surface area contributed by atoms with Crippen molar-refractivity contribution in [3.63, 3.8) is 0 Å². The first-order chi connectivity index (χ1) is 12.5. The Balaban J connectivity index is 1.98. The van der Waals surface area contributed by atoms with Crippen molar-refractivity contribution in [2.24, 2.45) is 5.92 Å². The van der Waals surface area contributed by atoms with Gasteiger partial charge in [-0.25, -0.2) is 17.5 Å². The number of nitrogens with zero attached hydrogens (tertiary/aromatic N) is 4. The number of aryl methyl sites for hydroxylation is 1. The highest BCUT2D eigenvalue weighted by Gasteiger charge is 2.21. The van der Waals surface area contributed by atoms with Gasteiger partial charge in [0.25, 0.3) is 0 Å². The number of rotatable bonds is 7. The molecule has 142 valence electrons. The van der Waals surface area contributed by atoms with Gasteiger partial charge < -0.3 is 0 Å². The zero-order valence-electron chi connectivity index (χ0n) is 14.9. The van der Waals surface area contributed by atoms with Gasteiger partial charge in [-0.15, -0.1) is 10.2 Å². The van der Waals surface area contributed by atoms with Gasteiger partial charge in [-0.2, -0.15) is 4.80 Å². The van der Waals surface area contributed by atoms with Crippen LogP contribution in [0.25, 0.3) is 11.4 Å². The molecule has 1 aromatic heterocycles. The first-order valence-electron chi connectivity index (χ1n) is 8.94. The number of nitrogens with one attached hydrogen (secondary N) is 1. The number of halogens is 1. The van der Waals surface area contributed by atoms with Gasteiger partial charge in [0.2, 0.25) is 15.8 Å². The molecule has 0 spiro atoms. The highest BCUT2D eigenvalue weighted by molar-refractivity contribution is 7.89. The lowest BCUT2D eigenvalue weighted by Crippen LogP contribution is -2.19. The molecule has 1 saturated carbocycles. The van der Waals surface area contributed by atoms with Crippen molar-refractivity contribution in [2.75, 3.05) is 13.7 Å². The summed E-state index contributed by atoms with van der Waals surface area (Å²) in [5, 5.41) is 12.1. The predicted octanol–water partition coefficient (Wildman–Crippen LogP) is 2.34. The number of sulfonamides is 1. The van der Waals surface area contributed by atoms with Crippen LogP contribution in [-0.4, -0.2) is 42.3 Å². The summed E-state index contributed by atoms with van der Waals surface area (Å²) in [7, 11) is -2.20. The lowest BCUT2D eigenvalue weighted by atomic mass is 9.84. The van der Waals surface area contributed by atoms with E-state index in [2.05, 4.69) is 20.1 Å². The Bertz CT molecular complexity index is 847. The summed E-state index contributed by atoms with van der Waals surface area (Å²) in [6, 6.07) is 5.03. The number of tetrazole rings is 1.